The van der Waals surface area contributed by atoms with E-state index in [2.05, 4.69) is 5.32 Å². The van der Waals surface area contributed by atoms with Crippen LogP contribution in [0.1, 0.15) is 25.5 Å². The van der Waals surface area contributed by atoms with Crippen molar-refractivity contribution >= 4 is 11.7 Å². The number of carbonyl (C=O) groups is 1. The Morgan fingerprint density at radius 2 is 1.82 bits per heavy atom. The van der Waals surface area contributed by atoms with Crippen LogP contribution in [-0.2, 0) is 7.05 Å². The Morgan fingerprint density at radius 3 is 2.43 bits per heavy atom. The number of aromatic nitrogens is 1. The zero-order chi connectivity index (χ0) is 20.1. The number of urea groups is 1. The Morgan fingerprint density at radius 1 is 1.14 bits per heavy atom. The standard InChI is InChI=1S/C21H27N3O4/c1-4-27-17-7-5-16(6-8-17)22-21(26)24-11-9-18(10-12-24)28-19-13-15(2)23(3)20(25)14-19/h5-8,13-14,18H,4,9-12H2,1-3H3,(H,22,26). The van der Waals surface area contributed by atoms with E-state index < -0.39 is 0 Å². The highest BCUT2D eigenvalue weighted by Gasteiger charge is 2.24. The molecule has 2 amide bonds. The van der Waals surface area contributed by atoms with Crippen LogP contribution in [0.5, 0.6) is 11.5 Å². The Labute approximate surface area is 164 Å². The second kappa shape index (κ2) is 8.82. The summed E-state index contributed by atoms with van der Waals surface area (Å²) < 4.78 is 13.0. The maximum Gasteiger partial charge on any atom is 0.321 e. The molecule has 1 aromatic carbocycles. The Kier molecular flexibility index (Phi) is 6.23. The summed E-state index contributed by atoms with van der Waals surface area (Å²) in [6.07, 6.45) is 1.46. The Balaban J connectivity index is 1.50. The van der Waals surface area contributed by atoms with Crippen molar-refractivity contribution < 1.29 is 14.3 Å². The van der Waals surface area contributed by atoms with Crippen molar-refractivity contribution in [2.75, 3.05) is 25.0 Å². The number of rotatable bonds is 5. The molecule has 3 rings (SSSR count). The summed E-state index contributed by atoms with van der Waals surface area (Å²) >= 11 is 0. The van der Waals surface area contributed by atoms with Gasteiger partial charge in [-0.3, -0.25) is 4.79 Å². The quantitative estimate of drug-likeness (QED) is 0.858. The average molecular weight is 385 g/mol. The lowest BCUT2D eigenvalue weighted by atomic mass is 10.1. The number of benzene rings is 1. The minimum absolute atomic E-state index is 0.000956. The number of hydrogen-bond donors (Lipinski definition) is 1. The first-order valence-electron chi connectivity index (χ1n) is 9.59. The number of carbonyl (C=O) groups excluding carboxylic acids is 1. The summed E-state index contributed by atoms with van der Waals surface area (Å²) in [5.74, 6) is 1.38. The molecule has 0 aliphatic carbocycles. The fraction of sp³-hybridized carbons (Fsp3) is 0.429. The molecule has 1 aliphatic heterocycles. The number of pyridine rings is 1. The number of aryl methyl sites for hydroxylation is 1. The Bertz CT molecular complexity index is 868. The van der Waals surface area contributed by atoms with Gasteiger partial charge in [-0.05, 0) is 44.2 Å². The molecular weight excluding hydrogens is 358 g/mol. The first-order chi connectivity index (χ1) is 13.5. The molecule has 0 saturated carbocycles. The van der Waals surface area contributed by atoms with Gasteiger partial charge in [-0.1, -0.05) is 0 Å². The SMILES string of the molecule is CCOc1ccc(NC(=O)N2CCC(Oc3cc(C)n(C)c(=O)c3)CC2)cc1. The van der Waals surface area contributed by atoms with Gasteiger partial charge in [0.1, 0.15) is 17.6 Å². The summed E-state index contributed by atoms with van der Waals surface area (Å²) in [7, 11) is 1.74. The fourth-order valence-corrected chi connectivity index (χ4v) is 3.18. The van der Waals surface area contributed by atoms with E-state index in [1.807, 2.05) is 44.2 Å². The van der Waals surface area contributed by atoms with E-state index in [1.165, 1.54) is 6.07 Å². The van der Waals surface area contributed by atoms with Gasteiger partial charge in [-0.25, -0.2) is 4.79 Å². The molecule has 1 N–H and O–H groups in total. The normalized spacial score (nSPS) is 14.6. The first-order valence-corrected chi connectivity index (χ1v) is 9.59. The third-order valence-corrected chi connectivity index (χ3v) is 4.93. The van der Waals surface area contributed by atoms with E-state index in [0.717, 1.165) is 30.0 Å². The lowest BCUT2D eigenvalue weighted by Crippen LogP contribution is -2.43. The van der Waals surface area contributed by atoms with Crippen LogP contribution in [0.3, 0.4) is 0 Å². The zero-order valence-electron chi connectivity index (χ0n) is 16.6. The van der Waals surface area contributed by atoms with Gasteiger partial charge in [0, 0.05) is 50.4 Å². The summed E-state index contributed by atoms with van der Waals surface area (Å²) in [6.45, 7) is 5.64. The van der Waals surface area contributed by atoms with E-state index >= 15 is 0 Å². The smallest absolute Gasteiger partial charge is 0.321 e. The molecule has 1 aromatic heterocycles. The number of ether oxygens (including phenoxy) is 2. The second-order valence-corrected chi connectivity index (χ2v) is 6.92. The van der Waals surface area contributed by atoms with Crippen molar-refractivity contribution in [1.82, 2.24) is 9.47 Å². The second-order valence-electron chi connectivity index (χ2n) is 6.92. The molecular formula is C21H27N3O4. The minimum atomic E-state index is -0.118. The first kappa shape index (κ1) is 19.8. The number of nitrogens with one attached hydrogen (secondary N) is 1. The van der Waals surface area contributed by atoms with Crippen molar-refractivity contribution in [3.63, 3.8) is 0 Å². The van der Waals surface area contributed by atoms with Crippen LogP contribution < -0.4 is 20.3 Å². The lowest BCUT2D eigenvalue weighted by Gasteiger charge is -2.32. The number of anilines is 1. The number of likely N-dealkylation sites (tertiary alicyclic amines) is 1. The van der Waals surface area contributed by atoms with Crippen molar-refractivity contribution in [1.29, 1.82) is 0 Å². The highest BCUT2D eigenvalue weighted by Crippen LogP contribution is 2.20. The third-order valence-electron chi connectivity index (χ3n) is 4.93. The predicted octanol–water partition coefficient (Wildman–Crippen LogP) is 3.17. The highest BCUT2D eigenvalue weighted by molar-refractivity contribution is 5.89. The van der Waals surface area contributed by atoms with Gasteiger partial charge >= 0.3 is 6.03 Å². The summed E-state index contributed by atoms with van der Waals surface area (Å²) in [6, 6.07) is 10.6. The average Bonchev–Trinajstić information content (AvgIpc) is 2.68. The van der Waals surface area contributed by atoms with E-state index in [1.54, 1.807) is 16.5 Å². The molecule has 0 radical (unpaired) electrons. The molecule has 7 nitrogen and oxygen atoms in total. The highest BCUT2D eigenvalue weighted by atomic mass is 16.5. The zero-order valence-corrected chi connectivity index (χ0v) is 16.6. The van der Waals surface area contributed by atoms with Crippen molar-refractivity contribution in [3.8, 4) is 11.5 Å². The number of piperidine rings is 1. The van der Waals surface area contributed by atoms with Crippen LogP contribution >= 0.6 is 0 Å². The predicted molar refractivity (Wildman–Crippen MR) is 108 cm³/mol. The van der Waals surface area contributed by atoms with Gasteiger partial charge in [-0.2, -0.15) is 0 Å². The topological polar surface area (TPSA) is 72.8 Å². The molecule has 0 bridgehead atoms. The number of amides is 2. The molecule has 2 heterocycles. The summed E-state index contributed by atoms with van der Waals surface area (Å²) in [4.78, 5) is 26.1. The van der Waals surface area contributed by atoms with Crippen LogP contribution in [0.4, 0.5) is 10.5 Å². The van der Waals surface area contributed by atoms with Crippen molar-refractivity contribution in [2.24, 2.45) is 7.05 Å². The van der Waals surface area contributed by atoms with Crippen LogP contribution in [0, 0.1) is 6.92 Å². The van der Waals surface area contributed by atoms with Crippen LogP contribution in [0.15, 0.2) is 41.2 Å². The van der Waals surface area contributed by atoms with E-state index in [-0.39, 0.29) is 17.7 Å². The largest absolute Gasteiger partial charge is 0.494 e. The van der Waals surface area contributed by atoms with Crippen molar-refractivity contribution in [2.45, 2.75) is 32.8 Å². The van der Waals surface area contributed by atoms with E-state index in [4.69, 9.17) is 9.47 Å². The molecule has 1 aliphatic rings. The van der Waals surface area contributed by atoms with Gasteiger partial charge in [-0.15, -0.1) is 0 Å². The molecule has 0 unspecified atom stereocenters. The van der Waals surface area contributed by atoms with Gasteiger partial charge in [0.25, 0.3) is 5.56 Å². The van der Waals surface area contributed by atoms with Crippen LogP contribution in [0.25, 0.3) is 0 Å². The van der Waals surface area contributed by atoms with Gasteiger partial charge in [0.15, 0.2) is 0 Å². The molecule has 28 heavy (non-hydrogen) atoms. The van der Waals surface area contributed by atoms with Gasteiger partial charge in [0.05, 0.1) is 6.61 Å². The molecule has 0 atom stereocenters. The van der Waals surface area contributed by atoms with Crippen LogP contribution in [-0.4, -0.2) is 41.3 Å². The Hall–Kier alpha value is -2.96. The molecule has 150 valence electrons. The van der Waals surface area contributed by atoms with E-state index in [9.17, 15) is 9.59 Å². The van der Waals surface area contributed by atoms with Gasteiger partial charge in [0.2, 0.25) is 0 Å². The van der Waals surface area contributed by atoms with E-state index in [0.29, 0.717) is 25.4 Å². The molecule has 7 heteroatoms. The summed E-state index contributed by atoms with van der Waals surface area (Å²) in [5, 5.41) is 2.91. The van der Waals surface area contributed by atoms with Crippen LogP contribution in [0.2, 0.25) is 0 Å². The maximum atomic E-state index is 12.5. The monoisotopic (exact) mass is 385 g/mol. The van der Waals surface area contributed by atoms with Crippen molar-refractivity contribution in [3.05, 3.63) is 52.4 Å². The third kappa shape index (κ3) is 4.85. The molecule has 1 saturated heterocycles. The number of nitrogens with zero attached hydrogens (tertiary/aromatic N) is 2. The maximum absolute atomic E-state index is 12.5. The molecule has 1 fully saturated rings. The molecule has 2 aromatic rings. The molecule has 0 spiro atoms. The van der Waals surface area contributed by atoms with Gasteiger partial charge < -0.3 is 24.3 Å². The minimum Gasteiger partial charge on any atom is -0.494 e. The fourth-order valence-electron chi connectivity index (χ4n) is 3.18. The lowest BCUT2D eigenvalue weighted by molar-refractivity contribution is 0.115. The number of hydrogen-bond acceptors (Lipinski definition) is 4. The summed E-state index contributed by atoms with van der Waals surface area (Å²) in [5.41, 5.74) is 1.51.